The molecule has 1 aliphatic heterocycles. The van der Waals surface area contributed by atoms with Crippen molar-refractivity contribution in [1.82, 2.24) is 10.2 Å². The maximum Gasteiger partial charge on any atom is 0.323 e. The van der Waals surface area contributed by atoms with Gasteiger partial charge in [-0.15, -0.1) is 0 Å². The lowest BCUT2D eigenvalue weighted by Gasteiger charge is -2.39. The standard InChI is InChI=1S/C14H26N2O3/c1-4-15-14(13(17)18)6-5-12(7-14)16-8-10(2)19-11(3)9-16/h10-12,15H,4-9H2,1-3H3,(H,17,18)/t10-,11+,12?,14?. The zero-order valence-electron chi connectivity index (χ0n) is 12.2. The van der Waals surface area contributed by atoms with Gasteiger partial charge in [0.15, 0.2) is 0 Å². The van der Waals surface area contributed by atoms with Crippen molar-refractivity contribution in [3.8, 4) is 0 Å². The molecule has 1 aliphatic carbocycles. The summed E-state index contributed by atoms with van der Waals surface area (Å²) in [5.74, 6) is -0.703. The monoisotopic (exact) mass is 270 g/mol. The van der Waals surface area contributed by atoms with E-state index < -0.39 is 11.5 Å². The lowest BCUT2D eigenvalue weighted by Crippen LogP contribution is -2.53. The van der Waals surface area contributed by atoms with E-state index in [2.05, 4.69) is 24.1 Å². The number of hydrogen-bond donors (Lipinski definition) is 2. The van der Waals surface area contributed by atoms with Gasteiger partial charge in [0.05, 0.1) is 12.2 Å². The number of hydrogen-bond acceptors (Lipinski definition) is 4. The molecule has 5 heteroatoms. The van der Waals surface area contributed by atoms with Crippen molar-refractivity contribution < 1.29 is 14.6 Å². The fourth-order valence-corrected chi connectivity index (χ4v) is 3.62. The van der Waals surface area contributed by atoms with Crippen LogP contribution in [0.3, 0.4) is 0 Å². The Hall–Kier alpha value is -0.650. The molecule has 1 saturated heterocycles. The maximum absolute atomic E-state index is 11.6. The number of carboxylic acid groups (broad SMARTS) is 1. The summed E-state index contributed by atoms with van der Waals surface area (Å²) in [5, 5.41) is 12.7. The quantitative estimate of drug-likeness (QED) is 0.800. The van der Waals surface area contributed by atoms with E-state index in [1.807, 2.05) is 6.92 Å². The molecule has 5 nitrogen and oxygen atoms in total. The Kier molecular flexibility index (Phi) is 4.48. The van der Waals surface area contributed by atoms with E-state index in [1.165, 1.54) is 0 Å². The third kappa shape index (κ3) is 3.09. The van der Waals surface area contributed by atoms with Crippen LogP contribution in [0, 0.1) is 0 Å². The van der Waals surface area contributed by atoms with Crippen LogP contribution in [0.2, 0.25) is 0 Å². The number of carbonyl (C=O) groups is 1. The Morgan fingerprint density at radius 2 is 2.05 bits per heavy atom. The summed E-state index contributed by atoms with van der Waals surface area (Å²) in [6.45, 7) is 8.68. The molecule has 1 heterocycles. The van der Waals surface area contributed by atoms with Gasteiger partial charge in [-0.25, -0.2) is 0 Å². The summed E-state index contributed by atoms with van der Waals surface area (Å²) in [7, 11) is 0. The minimum absolute atomic E-state index is 0.239. The molecule has 0 aromatic carbocycles. The largest absolute Gasteiger partial charge is 0.480 e. The number of carboxylic acids is 1. The van der Waals surface area contributed by atoms with Crippen LogP contribution in [0.15, 0.2) is 0 Å². The Labute approximate surface area is 115 Å². The average molecular weight is 270 g/mol. The summed E-state index contributed by atoms with van der Waals surface area (Å²) in [6, 6.07) is 0.365. The fraction of sp³-hybridized carbons (Fsp3) is 0.929. The lowest BCUT2D eigenvalue weighted by atomic mass is 9.97. The summed E-state index contributed by atoms with van der Waals surface area (Å²) in [6.07, 6.45) is 2.86. The Morgan fingerprint density at radius 3 is 2.58 bits per heavy atom. The predicted molar refractivity (Wildman–Crippen MR) is 73.3 cm³/mol. The molecule has 0 aromatic rings. The smallest absolute Gasteiger partial charge is 0.323 e. The van der Waals surface area contributed by atoms with Gasteiger partial charge in [0.2, 0.25) is 0 Å². The van der Waals surface area contributed by atoms with Crippen LogP contribution in [0.5, 0.6) is 0 Å². The fourth-order valence-electron chi connectivity index (χ4n) is 3.62. The SMILES string of the molecule is CCNC1(C(=O)O)CCC(N2C[C@@H](C)O[C@@H](C)C2)C1. The van der Waals surface area contributed by atoms with Crippen molar-refractivity contribution in [2.24, 2.45) is 0 Å². The van der Waals surface area contributed by atoms with Crippen molar-refractivity contribution >= 4 is 5.97 Å². The third-order valence-corrected chi connectivity index (χ3v) is 4.38. The molecule has 0 amide bonds. The Bertz CT molecular complexity index is 327. The molecule has 2 unspecified atom stereocenters. The second-order valence-electron chi connectivity index (χ2n) is 6.03. The molecule has 0 radical (unpaired) electrons. The van der Waals surface area contributed by atoms with E-state index in [4.69, 9.17) is 4.74 Å². The number of likely N-dealkylation sites (N-methyl/N-ethyl adjacent to an activating group) is 1. The molecule has 2 N–H and O–H groups in total. The van der Waals surface area contributed by atoms with Gasteiger partial charge in [-0.05, 0) is 39.7 Å². The maximum atomic E-state index is 11.6. The highest BCUT2D eigenvalue weighted by molar-refractivity contribution is 5.79. The number of rotatable bonds is 4. The van der Waals surface area contributed by atoms with E-state index in [9.17, 15) is 9.90 Å². The summed E-state index contributed by atoms with van der Waals surface area (Å²) in [4.78, 5) is 14.0. The number of aliphatic carboxylic acids is 1. The van der Waals surface area contributed by atoms with Gasteiger partial charge in [-0.3, -0.25) is 9.69 Å². The second-order valence-corrected chi connectivity index (χ2v) is 6.03. The zero-order valence-corrected chi connectivity index (χ0v) is 12.2. The van der Waals surface area contributed by atoms with Gasteiger partial charge in [0.1, 0.15) is 5.54 Å². The minimum Gasteiger partial charge on any atom is -0.480 e. The van der Waals surface area contributed by atoms with Crippen LogP contribution < -0.4 is 5.32 Å². The van der Waals surface area contributed by atoms with Crippen molar-refractivity contribution in [3.05, 3.63) is 0 Å². The van der Waals surface area contributed by atoms with Gasteiger partial charge in [0, 0.05) is 19.1 Å². The third-order valence-electron chi connectivity index (χ3n) is 4.38. The van der Waals surface area contributed by atoms with Crippen molar-refractivity contribution in [2.75, 3.05) is 19.6 Å². The van der Waals surface area contributed by atoms with Crippen LogP contribution in [-0.4, -0.2) is 59.4 Å². The van der Waals surface area contributed by atoms with E-state index in [-0.39, 0.29) is 12.2 Å². The molecule has 0 aromatic heterocycles. The van der Waals surface area contributed by atoms with Crippen LogP contribution >= 0.6 is 0 Å². The first-order valence-corrected chi connectivity index (χ1v) is 7.35. The van der Waals surface area contributed by atoms with Crippen molar-refractivity contribution in [3.63, 3.8) is 0 Å². The highest BCUT2D eigenvalue weighted by Crippen LogP contribution is 2.34. The lowest BCUT2D eigenvalue weighted by molar-refractivity contribution is -0.145. The molecule has 110 valence electrons. The van der Waals surface area contributed by atoms with Crippen LogP contribution in [0.4, 0.5) is 0 Å². The molecular weight excluding hydrogens is 244 g/mol. The van der Waals surface area contributed by atoms with Gasteiger partial charge in [0.25, 0.3) is 0 Å². The number of nitrogens with zero attached hydrogens (tertiary/aromatic N) is 1. The molecule has 19 heavy (non-hydrogen) atoms. The van der Waals surface area contributed by atoms with Crippen LogP contribution in [0.25, 0.3) is 0 Å². The first-order chi connectivity index (χ1) is 8.97. The topological polar surface area (TPSA) is 61.8 Å². The predicted octanol–water partition coefficient (Wildman–Crippen LogP) is 1.08. The summed E-state index contributed by atoms with van der Waals surface area (Å²) < 4.78 is 5.75. The normalized spacial score (nSPS) is 40.5. The van der Waals surface area contributed by atoms with E-state index >= 15 is 0 Å². The van der Waals surface area contributed by atoms with Gasteiger partial charge in [-0.2, -0.15) is 0 Å². The minimum atomic E-state index is -0.718. The zero-order chi connectivity index (χ0) is 14.0. The number of morpholine rings is 1. The average Bonchev–Trinajstić information content (AvgIpc) is 2.74. The van der Waals surface area contributed by atoms with E-state index in [1.54, 1.807) is 0 Å². The van der Waals surface area contributed by atoms with E-state index in [0.717, 1.165) is 25.9 Å². The summed E-state index contributed by atoms with van der Waals surface area (Å²) >= 11 is 0. The molecule has 2 fully saturated rings. The van der Waals surface area contributed by atoms with Crippen LogP contribution in [-0.2, 0) is 9.53 Å². The highest BCUT2D eigenvalue weighted by atomic mass is 16.5. The molecule has 2 rings (SSSR count). The number of nitrogens with one attached hydrogen (secondary N) is 1. The molecule has 0 bridgehead atoms. The molecule has 0 spiro atoms. The first-order valence-electron chi connectivity index (χ1n) is 7.35. The van der Waals surface area contributed by atoms with Crippen molar-refractivity contribution in [1.29, 1.82) is 0 Å². The molecule has 2 aliphatic rings. The first kappa shape index (κ1) is 14.8. The molecule has 4 atom stereocenters. The van der Waals surface area contributed by atoms with Crippen LogP contribution in [0.1, 0.15) is 40.0 Å². The van der Waals surface area contributed by atoms with E-state index in [0.29, 0.717) is 19.0 Å². The van der Waals surface area contributed by atoms with Gasteiger partial charge in [-0.1, -0.05) is 6.92 Å². The number of ether oxygens (including phenoxy) is 1. The van der Waals surface area contributed by atoms with Crippen molar-refractivity contribution in [2.45, 2.75) is 63.8 Å². The summed E-state index contributed by atoms with van der Waals surface area (Å²) in [5.41, 5.74) is -0.718. The molecule has 1 saturated carbocycles. The highest BCUT2D eigenvalue weighted by Gasteiger charge is 2.47. The van der Waals surface area contributed by atoms with Gasteiger partial charge < -0.3 is 15.2 Å². The Morgan fingerprint density at radius 1 is 1.42 bits per heavy atom. The van der Waals surface area contributed by atoms with Gasteiger partial charge >= 0.3 is 5.97 Å². The molecular formula is C14H26N2O3. The second kappa shape index (κ2) is 5.77. The Balaban J connectivity index is 2.02.